The summed E-state index contributed by atoms with van der Waals surface area (Å²) in [6, 6.07) is 40.3. The molecule has 1 aliphatic rings. The van der Waals surface area contributed by atoms with E-state index in [4.69, 9.17) is 0 Å². The molecule has 0 atom stereocenters. The Bertz CT molecular complexity index is 2140. The number of hydrogen-bond donors (Lipinski definition) is 0. The minimum atomic E-state index is 1.14. The van der Waals surface area contributed by atoms with Gasteiger partial charge in [0.05, 0.1) is 0 Å². The van der Waals surface area contributed by atoms with Gasteiger partial charge in [-0.3, -0.25) is 0 Å². The number of fused-ring (bicyclic) bond motifs is 6. The molecule has 0 aliphatic heterocycles. The van der Waals surface area contributed by atoms with E-state index in [-0.39, 0.29) is 0 Å². The zero-order valence-electron chi connectivity index (χ0n) is 20.8. The molecule has 0 fully saturated rings. The maximum absolute atomic E-state index is 2.41. The zero-order chi connectivity index (χ0) is 25.1. The van der Waals surface area contributed by atoms with Gasteiger partial charge in [-0.2, -0.15) is 0 Å². The Labute approximate surface area is 229 Å². The van der Waals surface area contributed by atoms with Gasteiger partial charge in [0, 0.05) is 34.8 Å². The standard InChI is InChI=1S/C36H24S2/c1-3-19-33-29(13-1)31-17-7-15-27(35(31)37-33)25-11-5-9-23(21-25)24-10-6-12-26(22-24)28-16-8-18-32-30-14-2-4-20-34(30)38-36(28)32/h1,3,5-22H,2,4H2. The van der Waals surface area contributed by atoms with Crippen LogP contribution < -0.4 is 9.75 Å². The molecule has 0 amide bonds. The van der Waals surface area contributed by atoms with Gasteiger partial charge in [0.1, 0.15) is 0 Å². The van der Waals surface area contributed by atoms with Crippen molar-refractivity contribution in [2.75, 3.05) is 0 Å². The lowest BCUT2D eigenvalue weighted by Gasteiger charge is -2.10. The number of thiophene rings is 2. The van der Waals surface area contributed by atoms with Gasteiger partial charge in [-0.1, -0.05) is 103 Å². The molecule has 1 aliphatic carbocycles. The van der Waals surface area contributed by atoms with E-state index in [1.807, 2.05) is 22.7 Å². The van der Waals surface area contributed by atoms with E-state index in [9.17, 15) is 0 Å². The fraction of sp³-hybridized carbons (Fsp3) is 0.0556. The molecule has 5 aromatic carbocycles. The van der Waals surface area contributed by atoms with Crippen LogP contribution >= 0.6 is 22.7 Å². The first kappa shape index (κ1) is 22.0. The molecule has 2 aromatic heterocycles. The van der Waals surface area contributed by atoms with E-state index < -0.39 is 0 Å². The molecule has 0 saturated heterocycles. The second-order valence-corrected chi connectivity index (χ2v) is 12.1. The SMILES string of the molecule is C1=c2sc3c(-c4cccc(-c5cccc(-c6cccc7c6sc6ccccc67)c5)c4)cccc3c2=CCC1. The largest absolute Gasteiger partial charge is 0.135 e. The van der Waals surface area contributed by atoms with Gasteiger partial charge in [-0.25, -0.2) is 0 Å². The first-order valence-corrected chi connectivity index (χ1v) is 14.8. The van der Waals surface area contributed by atoms with Crippen LogP contribution in [0.5, 0.6) is 0 Å². The molecule has 38 heavy (non-hydrogen) atoms. The zero-order valence-corrected chi connectivity index (χ0v) is 22.4. The fourth-order valence-corrected chi connectivity index (χ4v) is 8.44. The van der Waals surface area contributed by atoms with Crippen molar-refractivity contribution in [3.05, 3.63) is 119 Å². The van der Waals surface area contributed by atoms with Gasteiger partial charge < -0.3 is 0 Å². The third-order valence-electron chi connectivity index (χ3n) is 7.71. The molecule has 180 valence electrons. The molecule has 0 spiro atoms. The summed E-state index contributed by atoms with van der Waals surface area (Å²) in [5.74, 6) is 0. The van der Waals surface area contributed by atoms with E-state index >= 15 is 0 Å². The van der Waals surface area contributed by atoms with E-state index in [0.29, 0.717) is 0 Å². The first-order chi connectivity index (χ1) is 18.8. The Morgan fingerprint density at radius 1 is 0.447 bits per heavy atom. The van der Waals surface area contributed by atoms with Crippen LogP contribution in [0.15, 0.2) is 109 Å². The average Bonchev–Trinajstić information content (AvgIpc) is 3.56. The quantitative estimate of drug-likeness (QED) is 0.218. The van der Waals surface area contributed by atoms with Crippen LogP contribution in [-0.2, 0) is 0 Å². The highest BCUT2D eigenvalue weighted by Crippen LogP contribution is 2.41. The predicted molar refractivity (Wildman–Crippen MR) is 168 cm³/mol. The van der Waals surface area contributed by atoms with Gasteiger partial charge in [0.15, 0.2) is 0 Å². The van der Waals surface area contributed by atoms with Gasteiger partial charge in [0.2, 0.25) is 0 Å². The van der Waals surface area contributed by atoms with E-state index in [2.05, 4.69) is 121 Å². The molecule has 0 bridgehead atoms. The Hall–Kier alpha value is -3.98. The van der Waals surface area contributed by atoms with Crippen LogP contribution in [0, 0.1) is 0 Å². The summed E-state index contributed by atoms with van der Waals surface area (Å²) in [5, 5.41) is 5.51. The summed E-state index contributed by atoms with van der Waals surface area (Å²) in [7, 11) is 0. The lowest BCUT2D eigenvalue weighted by atomic mass is 9.95. The molecule has 8 rings (SSSR count). The van der Waals surface area contributed by atoms with Gasteiger partial charge in [-0.05, 0) is 69.6 Å². The molecular formula is C36H24S2. The highest BCUT2D eigenvalue weighted by atomic mass is 32.1. The first-order valence-electron chi connectivity index (χ1n) is 13.2. The van der Waals surface area contributed by atoms with Gasteiger partial charge in [-0.15, -0.1) is 22.7 Å². The van der Waals surface area contributed by atoms with E-state index in [1.54, 1.807) is 0 Å². The maximum Gasteiger partial charge on any atom is 0.0433 e. The molecule has 0 N–H and O–H groups in total. The van der Waals surface area contributed by atoms with Crippen molar-refractivity contribution in [2.24, 2.45) is 0 Å². The summed E-state index contributed by atoms with van der Waals surface area (Å²) in [6.07, 6.45) is 7.11. The molecule has 7 aromatic rings. The van der Waals surface area contributed by atoms with Crippen molar-refractivity contribution >= 4 is 65.1 Å². The highest BCUT2D eigenvalue weighted by Gasteiger charge is 2.13. The number of hydrogen-bond acceptors (Lipinski definition) is 2. The summed E-state index contributed by atoms with van der Waals surface area (Å²) >= 11 is 3.83. The van der Waals surface area contributed by atoms with Crippen LogP contribution in [0.1, 0.15) is 12.8 Å². The second-order valence-electron chi connectivity index (χ2n) is 9.99. The molecular weight excluding hydrogens is 497 g/mol. The van der Waals surface area contributed by atoms with Crippen LogP contribution in [0.25, 0.3) is 75.8 Å². The summed E-state index contributed by atoms with van der Waals surface area (Å²) in [4.78, 5) is 0. The molecule has 0 unspecified atom stereocenters. The third-order valence-corrected chi connectivity index (χ3v) is 10.2. The Morgan fingerprint density at radius 3 is 1.79 bits per heavy atom. The van der Waals surface area contributed by atoms with Crippen LogP contribution in [0.3, 0.4) is 0 Å². The summed E-state index contributed by atoms with van der Waals surface area (Å²) in [6.45, 7) is 0. The maximum atomic E-state index is 2.41. The Kier molecular flexibility index (Phi) is 5.11. The Morgan fingerprint density at radius 2 is 1.03 bits per heavy atom. The van der Waals surface area contributed by atoms with Crippen LogP contribution in [0.2, 0.25) is 0 Å². The normalized spacial score (nSPS) is 12.9. The highest BCUT2D eigenvalue weighted by molar-refractivity contribution is 7.26. The third kappa shape index (κ3) is 3.49. The fourth-order valence-electron chi connectivity index (χ4n) is 5.90. The summed E-state index contributed by atoms with van der Waals surface area (Å²) in [5.41, 5.74) is 7.69. The lowest BCUT2D eigenvalue weighted by Crippen LogP contribution is -2.20. The topological polar surface area (TPSA) is 0 Å². The van der Waals surface area contributed by atoms with Crippen molar-refractivity contribution in [2.45, 2.75) is 12.8 Å². The second kappa shape index (κ2) is 8.80. The number of rotatable bonds is 3. The molecule has 0 nitrogen and oxygen atoms in total. The van der Waals surface area contributed by atoms with Crippen LogP contribution in [-0.4, -0.2) is 0 Å². The average molecular weight is 521 g/mol. The van der Waals surface area contributed by atoms with Crippen molar-refractivity contribution in [1.82, 2.24) is 0 Å². The van der Waals surface area contributed by atoms with Crippen molar-refractivity contribution in [3.8, 4) is 33.4 Å². The molecule has 2 heterocycles. The Balaban J connectivity index is 1.25. The van der Waals surface area contributed by atoms with Crippen molar-refractivity contribution in [1.29, 1.82) is 0 Å². The smallest absolute Gasteiger partial charge is 0.0433 e. The van der Waals surface area contributed by atoms with Gasteiger partial charge >= 0.3 is 0 Å². The van der Waals surface area contributed by atoms with E-state index in [1.165, 1.54) is 73.4 Å². The molecule has 0 saturated carbocycles. The van der Waals surface area contributed by atoms with E-state index in [0.717, 1.165) is 12.8 Å². The minimum Gasteiger partial charge on any atom is -0.135 e. The predicted octanol–water partition coefficient (Wildman–Crippen LogP) is 9.62. The van der Waals surface area contributed by atoms with Gasteiger partial charge in [0.25, 0.3) is 0 Å². The van der Waals surface area contributed by atoms with Crippen LogP contribution in [0.4, 0.5) is 0 Å². The summed E-state index contributed by atoms with van der Waals surface area (Å²) < 4.78 is 5.53. The minimum absolute atomic E-state index is 1.14. The number of benzene rings is 5. The van der Waals surface area contributed by atoms with Crippen molar-refractivity contribution < 1.29 is 0 Å². The molecule has 0 radical (unpaired) electrons. The van der Waals surface area contributed by atoms with Crippen molar-refractivity contribution in [3.63, 3.8) is 0 Å². The monoisotopic (exact) mass is 520 g/mol. The molecule has 2 heteroatoms. The lowest BCUT2D eigenvalue weighted by molar-refractivity contribution is 1.13.